The van der Waals surface area contributed by atoms with Crippen LogP contribution in [0.25, 0.3) is 0 Å². The number of carboxylic acids is 1. The maximum absolute atomic E-state index is 11.9. The van der Waals surface area contributed by atoms with Crippen molar-refractivity contribution in [2.24, 2.45) is 0 Å². The van der Waals surface area contributed by atoms with Crippen LogP contribution in [0.5, 0.6) is 5.75 Å². The van der Waals surface area contributed by atoms with Gasteiger partial charge in [-0.1, -0.05) is 0 Å². The molecule has 1 aliphatic heterocycles. The van der Waals surface area contributed by atoms with Gasteiger partial charge in [0.2, 0.25) is 0 Å². The number of carboxylic acid groups (broad SMARTS) is 1. The second-order valence-corrected chi connectivity index (χ2v) is 6.77. The zero-order valence-electron chi connectivity index (χ0n) is 14.5. The molecule has 0 radical (unpaired) electrons. The van der Waals surface area contributed by atoms with Gasteiger partial charge in [0.15, 0.2) is 0 Å². The standard InChI is InChI=1S/C17H24N2O5/c1-17(2,3)24-16(22)18-12-7-8-19(10-12)13-6-5-11(15(20)21)9-14(13)23-4/h5-6,9,12H,7-8,10H2,1-4H3,(H,18,22)(H,20,21)/t12-/m0/s1. The Bertz CT molecular complexity index is 624. The molecule has 24 heavy (non-hydrogen) atoms. The molecule has 1 amide bonds. The molecule has 0 bridgehead atoms. The first kappa shape index (κ1) is 17.9. The maximum atomic E-state index is 11.9. The molecule has 0 unspecified atom stereocenters. The summed E-state index contributed by atoms with van der Waals surface area (Å²) in [5.41, 5.74) is 0.465. The predicted molar refractivity (Wildman–Crippen MR) is 89.9 cm³/mol. The van der Waals surface area contributed by atoms with Crippen LogP contribution in [0.4, 0.5) is 10.5 Å². The number of aromatic carboxylic acids is 1. The summed E-state index contributed by atoms with van der Waals surface area (Å²) in [5.74, 6) is -0.487. The van der Waals surface area contributed by atoms with Crippen LogP contribution in [0.3, 0.4) is 0 Å². The van der Waals surface area contributed by atoms with E-state index in [9.17, 15) is 9.59 Å². The Morgan fingerprint density at radius 2 is 2.04 bits per heavy atom. The molecule has 1 atom stereocenters. The molecule has 1 aliphatic rings. The third-order valence-corrected chi connectivity index (χ3v) is 3.68. The summed E-state index contributed by atoms with van der Waals surface area (Å²) in [5, 5.41) is 11.9. The van der Waals surface area contributed by atoms with Gasteiger partial charge in [-0.3, -0.25) is 0 Å². The van der Waals surface area contributed by atoms with Crippen LogP contribution in [0, 0.1) is 0 Å². The normalized spacial score (nSPS) is 17.5. The van der Waals surface area contributed by atoms with E-state index in [2.05, 4.69) is 10.2 Å². The van der Waals surface area contributed by atoms with Gasteiger partial charge >= 0.3 is 12.1 Å². The Kier molecular flexibility index (Phi) is 5.21. The number of hydrogen-bond acceptors (Lipinski definition) is 5. The van der Waals surface area contributed by atoms with Gasteiger partial charge in [0.05, 0.1) is 24.4 Å². The first-order valence-corrected chi connectivity index (χ1v) is 7.85. The second-order valence-electron chi connectivity index (χ2n) is 6.77. The van der Waals surface area contributed by atoms with Crippen molar-refractivity contribution >= 4 is 17.7 Å². The van der Waals surface area contributed by atoms with E-state index in [0.717, 1.165) is 18.7 Å². The molecule has 1 aromatic carbocycles. The number of amides is 1. The molecule has 1 saturated heterocycles. The van der Waals surface area contributed by atoms with Crippen molar-refractivity contribution in [2.45, 2.75) is 38.8 Å². The van der Waals surface area contributed by atoms with Crippen LogP contribution in [-0.2, 0) is 4.74 Å². The lowest BCUT2D eigenvalue weighted by Gasteiger charge is -2.23. The summed E-state index contributed by atoms with van der Waals surface area (Å²) in [6, 6.07) is 4.77. The average Bonchev–Trinajstić information content (AvgIpc) is 2.92. The molecule has 0 aromatic heterocycles. The van der Waals surface area contributed by atoms with Crippen LogP contribution in [0.1, 0.15) is 37.6 Å². The number of methoxy groups -OCH3 is 1. The molecule has 2 N–H and O–H groups in total. The van der Waals surface area contributed by atoms with Gasteiger partial charge in [0.1, 0.15) is 11.4 Å². The van der Waals surface area contributed by atoms with E-state index in [4.69, 9.17) is 14.6 Å². The monoisotopic (exact) mass is 336 g/mol. The highest BCUT2D eigenvalue weighted by molar-refractivity contribution is 5.89. The number of carbonyl (C=O) groups is 2. The number of alkyl carbamates (subject to hydrolysis) is 1. The highest BCUT2D eigenvalue weighted by Crippen LogP contribution is 2.32. The summed E-state index contributed by atoms with van der Waals surface area (Å²) in [6.07, 6.45) is 0.353. The van der Waals surface area contributed by atoms with Crippen LogP contribution in [0.15, 0.2) is 18.2 Å². The van der Waals surface area contributed by atoms with Gasteiger partial charge in [-0.15, -0.1) is 0 Å². The lowest BCUT2D eigenvalue weighted by molar-refractivity contribution is 0.0508. The molecule has 0 spiro atoms. The minimum Gasteiger partial charge on any atom is -0.495 e. The topological polar surface area (TPSA) is 88.1 Å². The second kappa shape index (κ2) is 6.98. The average molecular weight is 336 g/mol. The summed E-state index contributed by atoms with van der Waals surface area (Å²) in [7, 11) is 1.51. The molecule has 1 fully saturated rings. The zero-order chi connectivity index (χ0) is 17.9. The Morgan fingerprint density at radius 1 is 1.33 bits per heavy atom. The van der Waals surface area contributed by atoms with Crippen LogP contribution in [-0.4, -0.2) is 49.0 Å². The van der Waals surface area contributed by atoms with Crippen molar-refractivity contribution < 1.29 is 24.2 Å². The fraction of sp³-hybridized carbons (Fsp3) is 0.529. The van der Waals surface area contributed by atoms with E-state index in [1.54, 1.807) is 12.1 Å². The van der Waals surface area contributed by atoms with E-state index >= 15 is 0 Å². The quantitative estimate of drug-likeness (QED) is 0.878. The maximum Gasteiger partial charge on any atom is 0.407 e. The summed E-state index contributed by atoms with van der Waals surface area (Å²) < 4.78 is 10.6. The number of ether oxygens (including phenoxy) is 2. The Morgan fingerprint density at radius 3 is 2.62 bits per heavy atom. The fourth-order valence-corrected chi connectivity index (χ4v) is 2.64. The van der Waals surface area contributed by atoms with E-state index in [1.165, 1.54) is 13.2 Å². The van der Waals surface area contributed by atoms with Gasteiger partial charge < -0.3 is 24.8 Å². The molecule has 0 saturated carbocycles. The molecular weight excluding hydrogens is 312 g/mol. The van der Waals surface area contributed by atoms with Gasteiger partial charge in [-0.2, -0.15) is 0 Å². The minimum absolute atomic E-state index is 0.0243. The molecule has 132 valence electrons. The van der Waals surface area contributed by atoms with Crippen molar-refractivity contribution in [1.29, 1.82) is 0 Å². The van der Waals surface area contributed by atoms with Gasteiger partial charge in [0, 0.05) is 13.1 Å². The molecule has 1 heterocycles. The highest BCUT2D eigenvalue weighted by Gasteiger charge is 2.28. The number of carbonyl (C=O) groups excluding carboxylic acids is 1. The fourth-order valence-electron chi connectivity index (χ4n) is 2.64. The molecular formula is C17H24N2O5. The smallest absolute Gasteiger partial charge is 0.407 e. The van der Waals surface area contributed by atoms with Crippen LogP contribution >= 0.6 is 0 Å². The van der Waals surface area contributed by atoms with E-state index in [-0.39, 0.29) is 11.6 Å². The zero-order valence-corrected chi connectivity index (χ0v) is 14.5. The van der Waals surface area contributed by atoms with E-state index in [0.29, 0.717) is 12.3 Å². The number of benzene rings is 1. The minimum atomic E-state index is -0.995. The Labute approximate surface area is 141 Å². The Hall–Kier alpha value is -2.44. The van der Waals surface area contributed by atoms with Gasteiger partial charge in [-0.25, -0.2) is 9.59 Å². The SMILES string of the molecule is COc1cc(C(=O)O)ccc1N1CC[C@H](NC(=O)OC(C)(C)C)C1. The van der Waals surface area contributed by atoms with Crippen LogP contribution in [0.2, 0.25) is 0 Å². The van der Waals surface area contributed by atoms with Crippen LogP contribution < -0.4 is 15.0 Å². The third-order valence-electron chi connectivity index (χ3n) is 3.68. The number of nitrogens with zero attached hydrogens (tertiary/aromatic N) is 1. The van der Waals surface area contributed by atoms with E-state index < -0.39 is 17.7 Å². The lowest BCUT2D eigenvalue weighted by Crippen LogP contribution is -2.40. The summed E-state index contributed by atoms with van der Waals surface area (Å²) in [6.45, 7) is 6.82. The van der Waals surface area contributed by atoms with E-state index in [1.807, 2.05) is 20.8 Å². The molecule has 0 aliphatic carbocycles. The summed E-state index contributed by atoms with van der Waals surface area (Å²) >= 11 is 0. The van der Waals surface area contributed by atoms with Crippen molar-refractivity contribution in [2.75, 3.05) is 25.1 Å². The van der Waals surface area contributed by atoms with Crippen molar-refractivity contribution in [1.82, 2.24) is 5.32 Å². The molecule has 1 aromatic rings. The number of nitrogens with one attached hydrogen (secondary N) is 1. The summed E-state index contributed by atoms with van der Waals surface area (Å²) in [4.78, 5) is 25.0. The lowest BCUT2D eigenvalue weighted by atomic mass is 10.2. The number of anilines is 1. The molecule has 7 heteroatoms. The molecule has 2 rings (SSSR count). The van der Waals surface area contributed by atoms with Crippen molar-refractivity contribution in [3.05, 3.63) is 23.8 Å². The highest BCUT2D eigenvalue weighted by atomic mass is 16.6. The number of hydrogen-bond donors (Lipinski definition) is 2. The first-order chi connectivity index (χ1) is 11.2. The van der Waals surface area contributed by atoms with Gasteiger partial charge in [-0.05, 0) is 45.4 Å². The van der Waals surface area contributed by atoms with Crippen molar-refractivity contribution in [3.63, 3.8) is 0 Å². The van der Waals surface area contributed by atoms with Crippen molar-refractivity contribution in [3.8, 4) is 5.75 Å². The number of rotatable bonds is 4. The largest absolute Gasteiger partial charge is 0.495 e. The predicted octanol–water partition coefficient (Wildman–Crippen LogP) is 2.50. The first-order valence-electron chi connectivity index (χ1n) is 7.85. The van der Waals surface area contributed by atoms with Gasteiger partial charge in [0.25, 0.3) is 0 Å². The molecule has 7 nitrogen and oxygen atoms in total. The Balaban J connectivity index is 2.03. The third kappa shape index (κ3) is 4.53.